The molecule has 0 amide bonds. The van der Waals surface area contributed by atoms with Crippen molar-refractivity contribution >= 4 is 5.57 Å². The first-order valence-corrected chi connectivity index (χ1v) is 10.4. The molecular weight excluding hydrogens is 370 g/mol. The van der Waals surface area contributed by atoms with Gasteiger partial charge in [0.25, 0.3) is 0 Å². The second-order valence-electron chi connectivity index (χ2n) is 7.74. The number of hydrogen-bond acceptors (Lipinski definition) is 3. The highest BCUT2D eigenvalue weighted by Gasteiger charge is 2.27. The van der Waals surface area contributed by atoms with Crippen molar-refractivity contribution in [2.24, 2.45) is 5.92 Å². The zero-order chi connectivity index (χ0) is 20.3. The second-order valence-corrected chi connectivity index (χ2v) is 7.74. The van der Waals surface area contributed by atoms with Gasteiger partial charge < -0.3 is 9.52 Å². The van der Waals surface area contributed by atoms with Crippen LogP contribution in [-0.2, 0) is 6.42 Å². The summed E-state index contributed by atoms with van der Waals surface area (Å²) in [4.78, 5) is 4.96. The number of hydrogen-bond donors (Lipinski definition) is 1. The van der Waals surface area contributed by atoms with Gasteiger partial charge in [-0.25, -0.2) is 4.98 Å². The Kier molecular flexibility index (Phi) is 4.94. The number of nitrogens with zero attached hydrogens (tertiary/aromatic N) is 1. The number of benzene rings is 3. The van der Waals surface area contributed by atoms with Gasteiger partial charge in [-0.05, 0) is 42.9 Å². The number of phenolic OH excluding ortho intramolecular Hbond substituents is 1. The topological polar surface area (TPSA) is 46.3 Å². The van der Waals surface area contributed by atoms with Gasteiger partial charge in [0.1, 0.15) is 11.4 Å². The summed E-state index contributed by atoms with van der Waals surface area (Å²) in [5, 5.41) is 9.82. The monoisotopic (exact) mass is 393 g/mol. The fourth-order valence-electron chi connectivity index (χ4n) is 4.22. The summed E-state index contributed by atoms with van der Waals surface area (Å²) in [6.07, 6.45) is 5.20. The van der Waals surface area contributed by atoms with Gasteiger partial charge in [0, 0.05) is 16.7 Å². The quantitative estimate of drug-likeness (QED) is 0.408. The van der Waals surface area contributed by atoms with Crippen molar-refractivity contribution in [3.05, 3.63) is 102 Å². The van der Waals surface area contributed by atoms with E-state index < -0.39 is 0 Å². The molecule has 30 heavy (non-hydrogen) atoms. The van der Waals surface area contributed by atoms with E-state index in [0.29, 0.717) is 17.6 Å². The Morgan fingerprint density at radius 2 is 1.60 bits per heavy atom. The van der Waals surface area contributed by atoms with E-state index >= 15 is 0 Å². The minimum absolute atomic E-state index is 0.310. The van der Waals surface area contributed by atoms with Gasteiger partial charge in [-0.2, -0.15) is 0 Å². The number of rotatable bonds is 5. The molecule has 1 aromatic heterocycles. The number of oxazole rings is 1. The van der Waals surface area contributed by atoms with Crippen LogP contribution in [0.15, 0.2) is 95.4 Å². The highest BCUT2D eigenvalue weighted by molar-refractivity contribution is 5.79. The van der Waals surface area contributed by atoms with Crippen molar-refractivity contribution in [2.75, 3.05) is 0 Å². The van der Waals surface area contributed by atoms with E-state index in [1.807, 2.05) is 48.5 Å². The maximum atomic E-state index is 9.82. The average Bonchev–Trinajstić information content (AvgIpc) is 3.42. The Bertz CT molecular complexity index is 1120. The van der Waals surface area contributed by atoms with Crippen molar-refractivity contribution in [1.82, 2.24) is 4.98 Å². The molecule has 4 aromatic rings. The second kappa shape index (κ2) is 8.03. The minimum Gasteiger partial charge on any atom is -0.508 e. The van der Waals surface area contributed by atoms with Crippen LogP contribution >= 0.6 is 0 Å². The summed E-state index contributed by atoms with van der Waals surface area (Å²) in [6, 6.07) is 27.9. The van der Waals surface area contributed by atoms with Crippen LogP contribution in [0.1, 0.15) is 24.3 Å². The van der Waals surface area contributed by atoms with E-state index in [2.05, 4.69) is 36.4 Å². The van der Waals surface area contributed by atoms with Crippen LogP contribution in [0.3, 0.4) is 0 Å². The Balaban J connectivity index is 1.53. The van der Waals surface area contributed by atoms with Gasteiger partial charge in [0.2, 0.25) is 5.89 Å². The molecule has 0 aliphatic heterocycles. The largest absolute Gasteiger partial charge is 0.508 e. The number of phenols is 1. The zero-order valence-corrected chi connectivity index (χ0v) is 16.7. The predicted octanol–water partition coefficient (Wildman–Crippen LogP) is 6.75. The van der Waals surface area contributed by atoms with Gasteiger partial charge in [0.05, 0.1) is 0 Å². The molecule has 3 nitrogen and oxygen atoms in total. The van der Waals surface area contributed by atoms with Crippen molar-refractivity contribution in [3.8, 4) is 28.3 Å². The molecule has 1 heterocycles. The summed E-state index contributed by atoms with van der Waals surface area (Å²) >= 11 is 0. The number of aromatic hydroxyl groups is 1. The summed E-state index contributed by atoms with van der Waals surface area (Å²) in [6.45, 7) is 0. The van der Waals surface area contributed by atoms with Crippen LogP contribution in [0.2, 0.25) is 0 Å². The molecule has 0 unspecified atom stereocenters. The maximum absolute atomic E-state index is 9.82. The van der Waals surface area contributed by atoms with Crippen molar-refractivity contribution in [3.63, 3.8) is 0 Å². The first kappa shape index (κ1) is 18.4. The molecule has 3 heteroatoms. The Morgan fingerprint density at radius 1 is 0.867 bits per heavy atom. The molecule has 0 bridgehead atoms. The third-order valence-corrected chi connectivity index (χ3v) is 5.67. The van der Waals surface area contributed by atoms with E-state index in [1.165, 1.54) is 0 Å². The van der Waals surface area contributed by atoms with Crippen LogP contribution in [0.5, 0.6) is 5.75 Å². The Labute approximate surface area is 176 Å². The van der Waals surface area contributed by atoms with Crippen molar-refractivity contribution < 1.29 is 9.52 Å². The van der Waals surface area contributed by atoms with Crippen molar-refractivity contribution in [1.29, 1.82) is 0 Å². The van der Waals surface area contributed by atoms with Gasteiger partial charge in [-0.15, -0.1) is 0 Å². The molecule has 0 saturated heterocycles. The van der Waals surface area contributed by atoms with Gasteiger partial charge in [0.15, 0.2) is 5.76 Å². The summed E-state index contributed by atoms with van der Waals surface area (Å²) in [5.41, 5.74) is 5.25. The average molecular weight is 393 g/mol. The summed E-state index contributed by atoms with van der Waals surface area (Å²) in [5.74, 6) is 2.15. The standard InChI is InChI=1S/C27H23NO2/c29-23-15-7-9-19(18-23)17-22-14-8-16-24(22)27-28-25(20-10-3-1-4-11-20)26(30-27)21-12-5-2-6-13-21/h1-7,9-13,15-16,18,22,29H,8,14,17H2/t22-/m0/s1. The molecule has 1 atom stereocenters. The lowest BCUT2D eigenvalue weighted by Crippen LogP contribution is -2.03. The molecule has 0 spiro atoms. The molecule has 1 N–H and O–H groups in total. The molecule has 148 valence electrons. The highest BCUT2D eigenvalue weighted by atomic mass is 16.4. The van der Waals surface area contributed by atoms with Crippen LogP contribution in [0, 0.1) is 5.92 Å². The molecular formula is C27H23NO2. The SMILES string of the molecule is Oc1cccc(C[C@@H]2CCC=C2c2nc(-c3ccccc3)c(-c3ccccc3)o2)c1. The van der Waals surface area contributed by atoms with E-state index in [0.717, 1.165) is 53.0 Å². The number of aromatic nitrogens is 1. The lowest BCUT2D eigenvalue weighted by Gasteiger charge is -2.13. The molecule has 5 rings (SSSR count). The molecule has 0 fully saturated rings. The van der Waals surface area contributed by atoms with E-state index in [9.17, 15) is 5.11 Å². The molecule has 0 radical (unpaired) electrons. The van der Waals surface area contributed by atoms with Gasteiger partial charge in [-0.1, -0.05) is 78.9 Å². The molecule has 1 aliphatic rings. The lowest BCUT2D eigenvalue weighted by atomic mass is 9.93. The maximum Gasteiger partial charge on any atom is 0.223 e. The molecule has 0 saturated carbocycles. The van der Waals surface area contributed by atoms with E-state index in [4.69, 9.17) is 9.40 Å². The van der Waals surface area contributed by atoms with E-state index in [-0.39, 0.29) is 0 Å². The lowest BCUT2D eigenvalue weighted by molar-refractivity contribution is 0.474. The molecule has 3 aromatic carbocycles. The van der Waals surface area contributed by atoms with Crippen LogP contribution in [-0.4, -0.2) is 10.1 Å². The van der Waals surface area contributed by atoms with Gasteiger partial charge >= 0.3 is 0 Å². The predicted molar refractivity (Wildman–Crippen MR) is 120 cm³/mol. The van der Waals surface area contributed by atoms with Crippen LogP contribution < -0.4 is 0 Å². The fraction of sp³-hybridized carbons (Fsp3) is 0.148. The third kappa shape index (κ3) is 3.67. The normalized spacial score (nSPS) is 15.9. The van der Waals surface area contributed by atoms with E-state index in [1.54, 1.807) is 6.07 Å². The molecule has 1 aliphatic carbocycles. The van der Waals surface area contributed by atoms with Crippen LogP contribution in [0.4, 0.5) is 0 Å². The van der Waals surface area contributed by atoms with Gasteiger partial charge in [-0.3, -0.25) is 0 Å². The van der Waals surface area contributed by atoms with Crippen molar-refractivity contribution in [2.45, 2.75) is 19.3 Å². The van der Waals surface area contributed by atoms with Crippen LogP contribution in [0.25, 0.3) is 28.2 Å². The minimum atomic E-state index is 0.310. The smallest absolute Gasteiger partial charge is 0.223 e. The Hall–Kier alpha value is -3.59. The first-order valence-electron chi connectivity index (χ1n) is 10.4. The first-order chi connectivity index (χ1) is 14.8. The summed E-state index contributed by atoms with van der Waals surface area (Å²) in [7, 11) is 0. The summed E-state index contributed by atoms with van der Waals surface area (Å²) < 4.78 is 6.40. The zero-order valence-electron chi connectivity index (χ0n) is 16.7. The highest BCUT2D eigenvalue weighted by Crippen LogP contribution is 2.40. The fourth-order valence-corrected chi connectivity index (χ4v) is 4.22. The Morgan fingerprint density at radius 3 is 2.33 bits per heavy atom. The third-order valence-electron chi connectivity index (χ3n) is 5.67. The number of allylic oxidation sites excluding steroid dienone is 2.